The fourth-order valence-corrected chi connectivity index (χ4v) is 2.72. The Kier molecular flexibility index (Phi) is 3.62. The van der Waals surface area contributed by atoms with E-state index in [4.69, 9.17) is 0 Å². The summed E-state index contributed by atoms with van der Waals surface area (Å²) in [4.78, 5) is 2.36. The largest absolute Gasteiger partial charge is 0.395 e. The van der Waals surface area contributed by atoms with Gasteiger partial charge < -0.3 is 5.11 Å². The first-order valence-electron chi connectivity index (χ1n) is 6.80. The molecule has 1 aliphatic heterocycles. The molecule has 0 radical (unpaired) electrons. The van der Waals surface area contributed by atoms with Crippen LogP contribution in [0.4, 0.5) is 0 Å². The van der Waals surface area contributed by atoms with Gasteiger partial charge in [0.1, 0.15) is 0 Å². The molecular formula is C15H19N3O. The summed E-state index contributed by atoms with van der Waals surface area (Å²) < 4.78 is 1.86. The van der Waals surface area contributed by atoms with E-state index in [1.807, 2.05) is 16.9 Å². The van der Waals surface area contributed by atoms with Crippen molar-refractivity contribution < 1.29 is 5.11 Å². The molecule has 1 aliphatic rings. The summed E-state index contributed by atoms with van der Waals surface area (Å²) in [5.74, 6) is 0. The summed E-state index contributed by atoms with van der Waals surface area (Å²) in [5, 5.41) is 13.5. The van der Waals surface area contributed by atoms with Gasteiger partial charge >= 0.3 is 0 Å². The van der Waals surface area contributed by atoms with E-state index in [-0.39, 0.29) is 6.61 Å². The average molecular weight is 257 g/mol. The zero-order valence-electron chi connectivity index (χ0n) is 10.9. The maximum Gasteiger partial charge on any atom is 0.0645 e. The van der Waals surface area contributed by atoms with Crippen LogP contribution in [-0.2, 0) is 6.54 Å². The summed E-state index contributed by atoms with van der Waals surface area (Å²) in [5.41, 5.74) is 2.37. The minimum Gasteiger partial charge on any atom is -0.395 e. The van der Waals surface area contributed by atoms with Crippen LogP contribution in [0.3, 0.4) is 0 Å². The summed E-state index contributed by atoms with van der Waals surface area (Å²) in [6, 6.07) is 10.7. The van der Waals surface area contributed by atoms with E-state index in [1.165, 1.54) is 12.0 Å². The monoisotopic (exact) mass is 257 g/mol. The number of benzene rings is 1. The lowest BCUT2D eigenvalue weighted by molar-refractivity contribution is 0.153. The maximum absolute atomic E-state index is 9.33. The van der Waals surface area contributed by atoms with Gasteiger partial charge in [0.05, 0.1) is 12.3 Å². The quantitative estimate of drug-likeness (QED) is 0.908. The van der Waals surface area contributed by atoms with Crippen molar-refractivity contribution in [1.29, 1.82) is 0 Å². The highest BCUT2D eigenvalue weighted by Gasteiger charge is 2.23. The molecule has 2 heterocycles. The number of aliphatic hydroxyl groups excluding tert-OH is 1. The summed E-state index contributed by atoms with van der Waals surface area (Å²) in [6.07, 6.45) is 6.03. The van der Waals surface area contributed by atoms with Gasteiger partial charge in [0.2, 0.25) is 0 Å². The number of hydrogen-bond donors (Lipinski definition) is 1. The van der Waals surface area contributed by atoms with Crippen molar-refractivity contribution in [3.63, 3.8) is 0 Å². The average Bonchev–Trinajstić information content (AvgIpc) is 3.10. The molecule has 1 unspecified atom stereocenters. The van der Waals surface area contributed by atoms with E-state index in [0.29, 0.717) is 6.04 Å². The van der Waals surface area contributed by atoms with Gasteiger partial charge in [-0.15, -0.1) is 0 Å². The van der Waals surface area contributed by atoms with Gasteiger partial charge in [-0.1, -0.05) is 12.1 Å². The predicted molar refractivity (Wildman–Crippen MR) is 74.1 cm³/mol. The SMILES string of the molecule is OCC1CCCN1Cc1ccc(-n2cccn2)cc1. The molecule has 0 bridgehead atoms. The molecule has 1 fully saturated rings. The predicted octanol–water partition coefficient (Wildman–Crippen LogP) is 1.83. The van der Waals surface area contributed by atoms with Crippen molar-refractivity contribution in [2.24, 2.45) is 0 Å². The Morgan fingerprint density at radius 2 is 2.11 bits per heavy atom. The molecule has 0 aliphatic carbocycles. The Morgan fingerprint density at radius 1 is 1.26 bits per heavy atom. The molecular weight excluding hydrogens is 238 g/mol. The molecule has 0 amide bonds. The zero-order valence-corrected chi connectivity index (χ0v) is 10.9. The van der Waals surface area contributed by atoms with Gasteiger partial charge in [-0.2, -0.15) is 5.10 Å². The highest BCUT2D eigenvalue weighted by molar-refractivity contribution is 5.33. The van der Waals surface area contributed by atoms with Crippen LogP contribution in [0, 0.1) is 0 Å². The number of aromatic nitrogens is 2. The third-order valence-electron chi connectivity index (χ3n) is 3.80. The van der Waals surface area contributed by atoms with Crippen molar-refractivity contribution in [1.82, 2.24) is 14.7 Å². The zero-order chi connectivity index (χ0) is 13.1. The molecule has 19 heavy (non-hydrogen) atoms. The third kappa shape index (κ3) is 2.69. The molecule has 4 nitrogen and oxygen atoms in total. The molecule has 1 saturated heterocycles. The molecule has 1 aromatic heterocycles. The molecule has 0 saturated carbocycles. The van der Waals surface area contributed by atoms with Crippen LogP contribution in [0.1, 0.15) is 18.4 Å². The number of aliphatic hydroxyl groups is 1. The van der Waals surface area contributed by atoms with Gasteiger partial charge in [-0.25, -0.2) is 4.68 Å². The minimum absolute atomic E-state index is 0.269. The highest BCUT2D eigenvalue weighted by atomic mass is 16.3. The normalized spacial score (nSPS) is 19.9. The fourth-order valence-electron chi connectivity index (χ4n) is 2.72. The summed E-state index contributed by atoms with van der Waals surface area (Å²) >= 11 is 0. The van der Waals surface area contributed by atoms with Gasteiger partial charge in [-0.3, -0.25) is 4.90 Å². The van der Waals surface area contributed by atoms with Crippen molar-refractivity contribution in [2.45, 2.75) is 25.4 Å². The third-order valence-corrected chi connectivity index (χ3v) is 3.80. The lowest BCUT2D eigenvalue weighted by Crippen LogP contribution is -2.31. The van der Waals surface area contributed by atoms with Crippen LogP contribution < -0.4 is 0 Å². The van der Waals surface area contributed by atoms with Gasteiger partial charge in [-0.05, 0) is 43.1 Å². The molecule has 0 spiro atoms. The van der Waals surface area contributed by atoms with Crippen LogP contribution in [0.2, 0.25) is 0 Å². The Bertz CT molecular complexity index is 507. The van der Waals surface area contributed by atoms with Gasteiger partial charge in [0, 0.05) is 25.0 Å². The fraction of sp³-hybridized carbons (Fsp3) is 0.400. The molecule has 1 N–H and O–H groups in total. The topological polar surface area (TPSA) is 41.3 Å². The Labute approximate surface area is 113 Å². The Morgan fingerprint density at radius 3 is 2.79 bits per heavy atom. The van der Waals surface area contributed by atoms with E-state index in [1.54, 1.807) is 6.20 Å². The van der Waals surface area contributed by atoms with E-state index in [0.717, 1.165) is 25.2 Å². The van der Waals surface area contributed by atoms with Crippen LogP contribution >= 0.6 is 0 Å². The summed E-state index contributed by atoms with van der Waals surface area (Å²) in [6.45, 7) is 2.28. The van der Waals surface area contributed by atoms with Crippen molar-refractivity contribution in [3.8, 4) is 5.69 Å². The van der Waals surface area contributed by atoms with E-state index in [2.05, 4.69) is 34.3 Å². The van der Waals surface area contributed by atoms with Gasteiger partial charge in [0.25, 0.3) is 0 Å². The van der Waals surface area contributed by atoms with Crippen LogP contribution in [0.15, 0.2) is 42.7 Å². The standard InChI is InChI=1S/C15H19N3O/c19-12-15-3-1-9-17(15)11-13-4-6-14(7-5-13)18-10-2-8-16-18/h2,4-8,10,15,19H,1,3,9,11-12H2. The molecule has 2 aromatic rings. The first-order valence-corrected chi connectivity index (χ1v) is 6.80. The number of rotatable bonds is 4. The molecule has 100 valence electrons. The second kappa shape index (κ2) is 5.55. The number of hydrogen-bond acceptors (Lipinski definition) is 3. The molecule has 4 heteroatoms. The highest BCUT2D eigenvalue weighted by Crippen LogP contribution is 2.20. The van der Waals surface area contributed by atoms with Crippen molar-refractivity contribution >= 4 is 0 Å². The van der Waals surface area contributed by atoms with Crippen LogP contribution in [0.5, 0.6) is 0 Å². The lowest BCUT2D eigenvalue weighted by Gasteiger charge is -2.22. The Balaban J connectivity index is 1.69. The first kappa shape index (κ1) is 12.4. The number of likely N-dealkylation sites (tertiary alicyclic amines) is 1. The maximum atomic E-state index is 9.33. The first-order chi connectivity index (χ1) is 9.36. The van der Waals surface area contributed by atoms with Crippen LogP contribution in [-0.4, -0.2) is 39.0 Å². The van der Waals surface area contributed by atoms with E-state index < -0.39 is 0 Å². The summed E-state index contributed by atoms with van der Waals surface area (Å²) in [7, 11) is 0. The Hall–Kier alpha value is -1.65. The van der Waals surface area contributed by atoms with Crippen molar-refractivity contribution in [2.75, 3.05) is 13.2 Å². The molecule has 1 atom stereocenters. The lowest BCUT2D eigenvalue weighted by atomic mass is 10.1. The van der Waals surface area contributed by atoms with E-state index in [9.17, 15) is 5.11 Å². The minimum atomic E-state index is 0.269. The van der Waals surface area contributed by atoms with E-state index >= 15 is 0 Å². The van der Waals surface area contributed by atoms with Gasteiger partial charge in [0.15, 0.2) is 0 Å². The second-order valence-corrected chi connectivity index (χ2v) is 5.07. The van der Waals surface area contributed by atoms with Crippen molar-refractivity contribution in [3.05, 3.63) is 48.3 Å². The second-order valence-electron chi connectivity index (χ2n) is 5.07. The molecule has 3 rings (SSSR count). The molecule has 1 aromatic carbocycles. The smallest absolute Gasteiger partial charge is 0.0645 e. The number of nitrogens with zero attached hydrogens (tertiary/aromatic N) is 3. The van der Waals surface area contributed by atoms with Crippen LogP contribution in [0.25, 0.3) is 5.69 Å².